The Labute approximate surface area is 214 Å². The smallest absolute Gasteiger partial charge is 0.253 e. The first-order valence-corrected chi connectivity index (χ1v) is 12.2. The van der Waals surface area contributed by atoms with E-state index in [9.17, 15) is 4.79 Å². The van der Waals surface area contributed by atoms with Crippen molar-refractivity contribution in [3.05, 3.63) is 111 Å². The van der Waals surface area contributed by atoms with Crippen LogP contribution in [0.2, 0.25) is 0 Å². The van der Waals surface area contributed by atoms with Gasteiger partial charge in [0, 0.05) is 24.7 Å². The predicted octanol–water partition coefficient (Wildman–Crippen LogP) is 4.16. The Morgan fingerprint density at radius 1 is 1.05 bits per heavy atom. The fourth-order valence-corrected chi connectivity index (χ4v) is 4.60. The molecule has 5 aromatic rings. The summed E-state index contributed by atoms with van der Waals surface area (Å²) in [6, 6.07) is 19.4. The third kappa shape index (κ3) is 5.37. The highest BCUT2D eigenvalue weighted by molar-refractivity contribution is 5.81. The number of furan rings is 1. The number of hydrogen-bond donors (Lipinski definition) is 1. The molecule has 1 atom stereocenters. The Morgan fingerprint density at radius 2 is 1.86 bits per heavy atom. The summed E-state index contributed by atoms with van der Waals surface area (Å²) >= 11 is 0. The molecule has 9 heteroatoms. The first-order valence-electron chi connectivity index (χ1n) is 12.2. The van der Waals surface area contributed by atoms with Gasteiger partial charge in [-0.15, -0.1) is 5.10 Å². The molecule has 3 aromatic heterocycles. The number of aromatic amines is 1. The van der Waals surface area contributed by atoms with Crippen LogP contribution in [0, 0.1) is 13.8 Å². The largest absolute Gasteiger partial charge is 0.468 e. The summed E-state index contributed by atoms with van der Waals surface area (Å²) in [6.45, 7) is 6.01. The van der Waals surface area contributed by atoms with Crippen LogP contribution in [0.1, 0.15) is 39.9 Å². The molecule has 0 amide bonds. The van der Waals surface area contributed by atoms with Crippen molar-refractivity contribution in [1.82, 2.24) is 30.1 Å². The monoisotopic (exact) mass is 498 g/mol. The summed E-state index contributed by atoms with van der Waals surface area (Å²) in [5, 5.41) is 13.6. The normalized spacial score (nSPS) is 12.4. The van der Waals surface area contributed by atoms with Gasteiger partial charge >= 0.3 is 0 Å². The molecule has 37 heavy (non-hydrogen) atoms. The number of ether oxygens (including phenoxy) is 1. The fraction of sp³-hybridized carbons (Fsp3) is 0.286. The average Bonchev–Trinajstić information content (AvgIpc) is 3.57. The van der Waals surface area contributed by atoms with E-state index >= 15 is 0 Å². The van der Waals surface area contributed by atoms with Crippen LogP contribution < -0.4 is 5.56 Å². The van der Waals surface area contributed by atoms with Crippen LogP contribution in [0.3, 0.4) is 0 Å². The van der Waals surface area contributed by atoms with Crippen molar-refractivity contribution in [3.8, 4) is 0 Å². The molecule has 0 radical (unpaired) electrons. The van der Waals surface area contributed by atoms with Crippen molar-refractivity contribution in [1.29, 1.82) is 0 Å². The number of benzene rings is 2. The van der Waals surface area contributed by atoms with Gasteiger partial charge in [-0.3, -0.25) is 9.69 Å². The molecule has 0 spiro atoms. The van der Waals surface area contributed by atoms with Gasteiger partial charge in [0.1, 0.15) is 11.8 Å². The molecule has 0 fully saturated rings. The van der Waals surface area contributed by atoms with Crippen molar-refractivity contribution >= 4 is 10.9 Å². The van der Waals surface area contributed by atoms with Gasteiger partial charge in [0.15, 0.2) is 5.82 Å². The highest BCUT2D eigenvalue weighted by Gasteiger charge is 2.31. The summed E-state index contributed by atoms with van der Waals surface area (Å²) < 4.78 is 12.7. The third-order valence-corrected chi connectivity index (χ3v) is 6.63. The number of methoxy groups -OCH3 is 1. The molecule has 9 nitrogen and oxygen atoms in total. The maximum absolute atomic E-state index is 13.6. The number of nitrogens with zero attached hydrogens (tertiary/aromatic N) is 5. The van der Waals surface area contributed by atoms with Crippen LogP contribution in [0.25, 0.3) is 10.9 Å². The first-order chi connectivity index (χ1) is 18.0. The Bertz CT molecular complexity index is 1530. The van der Waals surface area contributed by atoms with E-state index in [4.69, 9.17) is 9.15 Å². The minimum absolute atomic E-state index is 0.181. The maximum atomic E-state index is 13.6. The van der Waals surface area contributed by atoms with Gasteiger partial charge in [-0.1, -0.05) is 30.3 Å². The van der Waals surface area contributed by atoms with E-state index in [0.717, 1.165) is 33.4 Å². The molecule has 0 aliphatic heterocycles. The van der Waals surface area contributed by atoms with E-state index in [0.29, 0.717) is 37.6 Å². The molecule has 1 N–H and O–H groups in total. The number of tetrazole rings is 1. The number of nitrogens with one attached hydrogen (secondary N) is 1. The lowest BCUT2D eigenvalue weighted by Gasteiger charge is -2.30. The summed E-state index contributed by atoms with van der Waals surface area (Å²) in [7, 11) is 1.64. The van der Waals surface area contributed by atoms with E-state index in [2.05, 4.69) is 50.5 Å². The molecule has 0 aliphatic rings. The number of H-pyrrole nitrogens is 1. The van der Waals surface area contributed by atoms with Gasteiger partial charge in [-0.25, -0.2) is 4.68 Å². The SMILES string of the molecule is COCCn1nnnc1C(c1cc2cc(C)c(C)cc2[nH]c1=O)N(Cc1ccccc1)Cc1ccco1. The zero-order chi connectivity index (χ0) is 25.8. The van der Waals surface area contributed by atoms with Crippen LogP contribution in [0.15, 0.2) is 76.1 Å². The minimum atomic E-state index is -0.549. The average molecular weight is 499 g/mol. The van der Waals surface area contributed by atoms with Gasteiger partial charge < -0.3 is 14.1 Å². The molecule has 5 rings (SSSR count). The second-order valence-corrected chi connectivity index (χ2v) is 9.20. The molecular weight excluding hydrogens is 468 g/mol. The van der Waals surface area contributed by atoms with Gasteiger partial charge in [0.05, 0.1) is 26.0 Å². The topological polar surface area (TPSA) is 102 Å². The van der Waals surface area contributed by atoms with Crippen molar-refractivity contribution < 1.29 is 9.15 Å². The van der Waals surface area contributed by atoms with Gasteiger partial charge in [0.2, 0.25) is 0 Å². The second kappa shape index (κ2) is 10.9. The zero-order valence-electron chi connectivity index (χ0n) is 21.2. The number of fused-ring (bicyclic) bond motifs is 1. The van der Waals surface area contributed by atoms with E-state index < -0.39 is 6.04 Å². The van der Waals surface area contributed by atoms with Crippen LogP contribution in [-0.2, 0) is 24.4 Å². The Morgan fingerprint density at radius 3 is 2.62 bits per heavy atom. The molecule has 0 bridgehead atoms. The molecular formula is C28H30N6O3. The summed E-state index contributed by atoms with van der Waals surface area (Å²) in [5.74, 6) is 1.34. The molecule has 1 unspecified atom stereocenters. The van der Waals surface area contributed by atoms with E-state index in [1.807, 2.05) is 49.4 Å². The molecule has 3 heterocycles. The summed E-state index contributed by atoms with van der Waals surface area (Å²) in [5.41, 5.74) is 4.56. The van der Waals surface area contributed by atoms with Crippen molar-refractivity contribution in [3.63, 3.8) is 0 Å². The number of hydrogen-bond acceptors (Lipinski definition) is 7. The second-order valence-electron chi connectivity index (χ2n) is 9.20. The van der Waals surface area contributed by atoms with E-state index in [-0.39, 0.29) is 5.56 Å². The molecule has 0 aliphatic carbocycles. The summed E-state index contributed by atoms with van der Waals surface area (Å²) in [4.78, 5) is 18.9. The fourth-order valence-electron chi connectivity index (χ4n) is 4.60. The highest BCUT2D eigenvalue weighted by atomic mass is 16.5. The van der Waals surface area contributed by atoms with Crippen molar-refractivity contribution in [2.45, 2.75) is 39.5 Å². The van der Waals surface area contributed by atoms with Crippen molar-refractivity contribution in [2.24, 2.45) is 0 Å². The van der Waals surface area contributed by atoms with Gasteiger partial charge in [-0.05, 0) is 76.7 Å². The Balaban J connectivity index is 1.69. The zero-order valence-corrected chi connectivity index (χ0v) is 21.2. The van der Waals surface area contributed by atoms with Crippen LogP contribution in [0.5, 0.6) is 0 Å². The van der Waals surface area contributed by atoms with E-state index in [1.54, 1.807) is 18.1 Å². The maximum Gasteiger partial charge on any atom is 0.253 e. The lowest BCUT2D eigenvalue weighted by Crippen LogP contribution is -2.35. The van der Waals surface area contributed by atoms with Crippen molar-refractivity contribution in [2.75, 3.05) is 13.7 Å². The van der Waals surface area contributed by atoms with Crippen LogP contribution in [-0.4, -0.2) is 43.8 Å². The number of aromatic nitrogens is 5. The number of rotatable bonds is 10. The molecule has 0 saturated carbocycles. The van der Waals surface area contributed by atoms with Gasteiger partial charge in [0.25, 0.3) is 5.56 Å². The quantitative estimate of drug-likeness (QED) is 0.308. The first kappa shape index (κ1) is 24.6. The summed E-state index contributed by atoms with van der Waals surface area (Å²) in [6.07, 6.45) is 1.65. The molecule has 2 aromatic carbocycles. The molecule has 0 saturated heterocycles. The highest BCUT2D eigenvalue weighted by Crippen LogP contribution is 2.30. The minimum Gasteiger partial charge on any atom is -0.468 e. The number of aryl methyl sites for hydroxylation is 2. The Kier molecular flexibility index (Phi) is 7.25. The van der Waals surface area contributed by atoms with E-state index in [1.165, 1.54) is 0 Å². The number of pyridine rings is 1. The predicted molar refractivity (Wildman–Crippen MR) is 140 cm³/mol. The Hall–Kier alpha value is -4.08. The lowest BCUT2D eigenvalue weighted by atomic mass is 10.00. The third-order valence-electron chi connectivity index (χ3n) is 6.63. The standard InChI is InChI=1S/C28H30N6O3/c1-19-14-22-16-24(28(35)29-25(22)15-20(19)2)26(27-30-31-32-34(27)11-13-36-3)33(18-23-10-7-12-37-23)17-21-8-5-4-6-9-21/h4-10,12,14-16,26H,11,13,17-18H2,1-3H3,(H,29,35). The van der Waals surface area contributed by atoms with Gasteiger partial charge in [-0.2, -0.15) is 0 Å². The molecule has 190 valence electrons. The lowest BCUT2D eigenvalue weighted by molar-refractivity contribution is 0.163. The van der Waals surface area contributed by atoms with Crippen LogP contribution in [0.4, 0.5) is 0 Å². The van der Waals surface area contributed by atoms with Crippen LogP contribution >= 0.6 is 0 Å².